The van der Waals surface area contributed by atoms with Crippen LogP contribution >= 0.6 is 15.9 Å². The van der Waals surface area contributed by atoms with Gasteiger partial charge in [0.25, 0.3) is 0 Å². The van der Waals surface area contributed by atoms with Crippen molar-refractivity contribution in [1.29, 1.82) is 0 Å². The van der Waals surface area contributed by atoms with Gasteiger partial charge in [0.15, 0.2) is 0 Å². The average molecular weight is 441 g/mol. The fourth-order valence-corrected chi connectivity index (χ4v) is 4.69. The van der Waals surface area contributed by atoms with E-state index in [-0.39, 0.29) is 0 Å². The van der Waals surface area contributed by atoms with Crippen LogP contribution in [-0.2, 0) is 9.59 Å². The lowest BCUT2D eigenvalue weighted by atomic mass is 9.87. The number of halogens is 1. The van der Waals surface area contributed by atoms with Gasteiger partial charge in [0.2, 0.25) is 0 Å². The number of fused-ring (bicyclic) bond motifs is 6. The van der Waals surface area contributed by atoms with E-state index < -0.39 is 11.9 Å². The summed E-state index contributed by atoms with van der Waals surface area (Å²) in [5.41, 5.74) is 2.70. The van der Waals surface area contributed by atoms with Crippen molar-refractivity contribution >= 4 is 38.6 Å². The summed E-state index contributed by atoms with van der Waals surface area (Å²) in [7, 11) is 0. The molecule has 0 N–H and O–H groups in total. The molecule has 0 radical (unpaired) electrons. The minimum atomic E-state index is -0.446. The van der Waals surface area contributed by atoms with Gasteiger partial charge in [0.05, 0.1) is 0 Å². The first-order valence-electron chi connectivity index (χ1n) is 9.32. The fourth-order valence-electron chi connectivity index (χ4n) is 4.33. The smallest absolute Gasteiger partial charge is 0.338 e. The molecule has 2 aliphatic rings. The van der Waals surface area contributed by atoms with E-state index in [9.17, 15) is 9.59 Å². The number of ether oxygens (including phenoxy) is 2. The molecule has 5 heteroatoms. The van der Waals surface area contributed by atoms with Gasteiger partial charge >= 0.3 is 11.9 Å². The molecular formula is C23H21BrO4. The summed E-state index contributed by atoms with van der Waals surface area (Å²) in [5, 5.41) is 1.51. The second-order valence-corrected chi connectivity index (χ2v) is 8.64. The minimum Gasteiger partial charge on any atom is -0.422 e. The maximum absolute atomic E-state index is 12.4. The van der Waals surface area contributed by atoms with Gasteiger partial charge in [-0.25, -0.2) is 9.59 Å². The zero-order valence-corrected chi connectivity index (χ0v) is 17.5. The molecule has 2 aliphatic carbocycles. The average Bonchev–Trinajstić information content (AvgIpc) is 3.25. The Morgan fingerprint density at radius 2 is 1.43 bits per heavy atom. The fraction of sp³-hybridized carbons (Fsp3) is 0.304. The maximum atomic E-state index is 12.4. The molecule has 0 aromatic heterocycles. The highest BCUT2D eigenvalue weighted by molar-refractivity contribution is 9.10. The van der Waals surface area contributed by atoms with Gasteiger partial charge in [-0.3, -0.25) is 0 Å². The minimum absolute atomic E-state index is 0.304. The lowest BCUT2D eigenvalue weighted by molar-refractivity contribution is -0.131. The number of esters is 2. The summed E-state index contributed by atoms with van der Waals surface area (Å²) in [6.45, 7) is 10.7. The third-order valence-corrected chi connectivity index (χ3v) is 6.08. The van der Waals surface area contributed by atoms with Gasteiger partial charge in [-0.05, 0) is 63.1 Å². The summed E-state index contributed by atoms with van der Waals surface area (Å²) < 4.78 is 12.5. The molecule has 2 unspecified atom stereocenters. The highest BCUT2D eigenvalue weighted by atomic mass is 79.9. The first-order valence-corrected chi connectivity index (χ1v) is 10.1. The van der Waals surface area contributed by atoms with E-state index in [1.165, 1.54) is 0 Å². The van der Waals surface area contributed by atoms with Crippen molar-refractivity contribution in [2.45, 2.75) is 44.9 Å². The van der Waals surface area contributed by atoms with E-state index in [2.05, 4.69) is 29.1 Å². The van der Waals surface area contributed by atoms with E-state index in [1.807, 2.05) is 18.2 Å². The van der Waals surface area contributed by atoms with Crippen LogP contribution in [0.3, 0.4) is 0 Å². The Balaban J connectivity index is 2.02. The zero-order chi connectivity index (χ0) is 20.2. The van der Waals surface area contributed by atoms with E-state index in [1.54, 1.807) is 13.8 Å². The monoisotopic (exact) mass is 440 g/mol. The lowest BCUT2D eigenvalue weighted by Gasteiger charge is -2.24. The molecule has 4 rings (SSSR count). The summed E-state index contributed by atoms with van der Waals surface area (Å²) in [4.78, 5) is 24.7. The van der Waals surface area contributed by atoms with Crippen LogP contribution in [0.2, 0.25) is 0 Å². The molecule has 0 aliphatic heterocycles. The van der Waals surface area contributed by atoms with Crippen LogP contribution in [0.15, 0.2) is 47.0 Å². The van der Waals surface area contributed by atoms with E-state index >= 15 is 0 Å². The zero-order valence-electron chi connectivity index (χ0n) is 15.9. The Hall–Kier alpha value is -2.40. The summed E-state index contributed by atoms with van der Waals surface area (Å²) in [6, 6.07) is 5.69. The third-order valence-electron chi connectivity index (χ3n) is 5.59. The Bertz CT molecular complexity index is 1070. The maximum Gasteiger partial charge on any atom is 0.338 e. The summed E-state index contributed by atoms with van der Waals surface area (Å²) in [6.07, 6.45) is 3.08. The Morgan fingerprint density at radius 1 is 0.929 bits per heavy atom. The molecule has 2 atom stereocenters. The van der Waals surface area contributed by atoms with Crippen molar-refractivity contribution in [3.8, 4) is 11.5 Å². The van der Waals surface area contributed by atoms with Gasteiger partial charge in [-0.1, -0.05) is 29.1 Å². The molecule has 4 nitrogen and oxygen atoms in total. The van der Waals surface area contributed by atoms with Crippen molar-refractivity contribution < 1.29 is 19.1 Å². The van der Waals surface area contributed by atoms with Crippen molar-refractivity contribution in [2.24, 2.45) is 0 Å². The van der Waals surface area contributed by atoms with Crippen LogP contribution in [-0.4, -0.2) is 11.9 Å². The van der Waals surface area contributed by atoms with Crippen LogP contribution < -0.4 is 9.47 Å². The molecule has 28 heavy (non-hydrogen) atoms. The molecule has 2 aromatic carbocycles. The van der Waals surface area contributed by atoms with Gasteiger partial charge in [-0.2, -0.15) is 0 Å². The highest BCUT2D eigenvalue weighted by Gasteiger charge is 2.43. The quantitative estimate of drug-likeness (QED) is 0.335. The summed E-state index contributed by atoms with van der Waals surface area (Å²) >= 11 is 3.50. The van der Waals surface area contributed by atoms with Gasteiger partial charge in [-0.15, -0.1) is 0 Å². The first kappa shape index (κ1) is 18.9. The first-order chi connectivity index (χ1) is 13.3. The van der Waals surface area contributed by atoms with Crippen LogP contribution in [0.4, 0.5) is 0 Å². The van der Waals surface area contributed by atoms with E-state index in [4.69, 9.17) is 9.47 Å². The number of benzene rings is 2. The Labute approximate surface area is 172 Å². The largest absolute Gasteiger partial charge is 0.422 e. The van der Waals surface area contributed by atoms with Crippen LogP contribution in [0.1, 0.15) is 56.1 Å². The SMILES string of the molecule is C=C(C)C(=O)Oc1c2c(c(OC(=O)C(=C)C)c3cc(Br)ccc13)C1CCC2C1. The van der Waals surface area contributed by atoms with Crippen LogP contribution in [0.25, 0.3) is 10.8 Å². The van der Waals surface area contributed by atoms with E-state index in [0.29, 0.717) is 34.5 Å². The van der Waals surface area contributed by atoms with Gasteiger partial charge in [0.1, 0.15) is 11.5 Å². The predicted octanol–water partition coefficient (Wildman–Crippen LogP) is 5.93. The van der Waals surface area contributed by atoms with Crippen molar-refractivity contribution in [1.82, 2.24) is 0 Å². The summed E-state index contributed by atoms with van der Waals surface area (Å²) in [5.74, 6) is 0.870. The van der Waals surface area contributed by atoms with Crippen LogP contribution in [0.5, 0.6) is 11.5 Å². The second kappa shape index (κ2) is 6.89. The molecular weight excluding hydrogens is 420 g/mol. The molecule has 0 amide bonds. The Morgan fingerprint density at radius 3 is 1.93 bits per heavy atom. The van der Waals surface area contributed by atoms with Crippen LogP contribution in [0, 0.1) is 0 Å². The molecule has 0 spiro atoms. The standard InChI is InChI=1S/C23H21BrO4/c1-11(2)22(25)27-20-16-8-7-15(24)10-17(16)21(28-23(26)12(3)4)19-14-6-5-13(9-14)18(19)20/h7-8,10,13-14H,1,3,5-6,9H2,2,4H3. The normalized spacial score (nSPS) is 19.4. The molecule has 1 fully saturated rings. The van der Waals surface area contributed by atoms with Crippen molar-refractivity contribution in [3.63, 3.8) is 0 Å². The lowest BCUT2D eigenvalue weighted by Crippen LogP contribution is -2.15. The topological polar surface area (TPSA) is 52.6 Å². The van der Waals surface area contributed by atoms with E-state index in [0.717, 1.165) is 45.6 Å². The van der Waals surface area contributed by atoms with Gasteiger partial charge in [0, 0.05) is 37.5 Å². The molecule has 1 saturated carbocycles. The van der Waals surface area contributed by atoms with Crippen molar-refractivity contribution in [2.75, 3.05) is 0 Å². The Kier molecular flexibility index (Phi) is 4.66. The molecule has 144 valence electrons. The van der Waals surface area contributed by atoms with Crippen molar-refractivity contribution in [3.05, 3.63) is 58.1 Å². The number of carbonyl (C=O) groups is 2. The number of rotatable bonds is 4. The molecule has 0 heterocycles. The molecule has 0 saturated heterocycles. The predicted molar refractivity (Wildman–Crippen MR) is 112 cm³/mol. The number of hydrogen-bond acceptors (Lipinski definition) is 4. The highest BCUT2D eigenvalue weighted by Crippen LogP contribution is 2.61. The number of carbonyl (C=O) groups excluding carboxylic acids is 2. The molecule has 2 aromatic rings. The number of hydrogen-bond donors (Lipinski definition) is 0. The van der Waals surface area contributed by atoms with Gasteiger partial charge < -0.3 is 9.47 Å². The third kappa shape index (κ3) is 2.98. The molecule has 2 bridgehead atoms. The second-order valence-electron chi connectivity index (χ2n) is 7.72.